The van der Waals surface area contributed by atoms with Gasteiger partial charge in [0.15, 0.2) is 0 Å². The van der Waals surface area contributed by atoms with Gasteiger partial charge in [-0.2, -0.15) is 0 Å². The average Bonchev–Trinajstić information content (AvgIpc) is 3.32. The highest BCUT2D eigenvalue weighted by molar-refractivity contribution is 9.10. The van der Waals surface area contributed by atoms with Gasteiger partial charge in [-0.25, -0.2) is 4.39 Å². The van der Waals surface area contributed by atoms with E-state index in [1.54, 1.807) is 13.2 Å². The van der Waals surface area contributed by atoms with Crippen LogP contribution < -0.4 is 10.1 Å². The lowest BCUT2D eigenvalue weighted by molar-refractivity contribution is 0.414. The Morgan fingerprint density at radius 1 is 1.24 bits per heavy atom. The molecule has 2 nitrogen and oxygen atoms in total. The van der Waals surface area contributed by atoms with Gasteiger partial charge < -0.3 is 10.1 Å². The van der Waals surface area contributed by atoms with Crippen LogP contribution in [-0.4, -0.2) is 13.2 Å². The van der Waals surface area contributed by atoms with Crippen molar-refractivity contribution in [2.24, 2.45) is 0 Å². The summed E-state index contributed by atoms with van der Waals surface area (Å²) >= 11 is 3.25. The second-order valence-electron chi connectivity index (χ2n) is 5.28. The predicted octanol–water partition coefficient (Wildman–Crippen LogP) is 4.52. The van der Waals surface area contributed by atoms with E-state index in [-0.39, 0.29) is 5.82 Å². The van der Waals surface area contributed by atoms with Crippen molar-refractivity contribution in [2.45, 2.75) is 25.4 Å². The van der Waals surface area contributed by atoms with Crippen molar-refractivity contribution in [3.8, 4) is 16.9 Å². The topological polar surface area (TPSA) is 21.3 Å². The van der Waals surface area contributed by atoms with Crippen LogP contribution in [0.4, 0.5) is 4.39 Å². The molecular formula is C17H17BrFNO. The summed E-state index contributed by atoms with van der Waals surface area (Å²) < 4.78 is 20.1. The molecule has 0 saturated heterocycles. The number of benzene rings is 2. The van der Waals surface area contributed by atoms with E-state index in [1.165, 1.54) is 12.8 Å². The van der Waals surface area contributed by atoms with Crippen molar-refractivity contribution in [3.05, 3.63) is 52.3 Å². The van der Waals surface area contributed by atoms with Crippen LogP contribution in [0.1, 0.15) is 18.4 Å². The first-order valence-corrected chi connectivity index (χ1v) is 7.83. The van der Waals surface area contributed by atoms with E-state index in [0.29, 0.717) is 16.1 Å². The Labute approximate surface area is 132 Å². The summed E-state index contributed by atoms with van der Waals surface area (Å²) in [6, 6.07) is 11.8. The maximum Gasteiger partial charge on any atom is 0.145 e. The molecule has 1 saturated carbocycles. The number of nitrogens with one attached hydrogen (secondary N) is 1. The van der Waals surface area contributed by atoms with Crippen LogP contribution in [0.15, 0.2) is 40.9 Å². The number of rotatable bonds is 5. The lowest BCUT2D eigenvalue weighted by Crippen LogP contribution is -2.16. The van der Waals surface area contributed by atoms with E-state index in [9.17, 15) is 4.39 Å². The highest BCUT2D eigenvalue weighted by Crippen LogP contribution is 2.32. The summed E-state index contributed by atoms with van der Waals surface area (Å²) in [4.78, 5) is 0. The molecule has 0 aliphatic heterocycles. The second kappa shape index (κ2) is 6.16. The van der Waals surface area contributed by atoms with E-state index < -0.39 is 0 Å². The van der Waals surface area contributed by atoms with Crippen molar-refractivity contribution in [1.82, 2.24) is 5.32 Å². The summed E-state index contributed by atoms with van der Waals surface area (Å²) in [5.74, 6) is 0.567. The Balaban J connectivity index is 2.00. The SMILES string of the molecule is COc1ccc(-c2cccc(Br)c2F)c(CNC2CC2)c1. The minimum atomic E-state index is -0.227. The molecule has 3 rings (SSSR count). The molecule has 110 valence electrons. The smallest absolute Gasteiger partial charge is 0.145 e. The zero-order valence-corrected chi connectivity index (χ0v) is 13.4. The monoisotopic (exact) mass is 349 g/mol. The molecule has 1 fully saturated rings. The summed E-state index contributed by atoms with van der Waals surface area (Å²) in [5, 5.41) is 3.48. The summed E-state index contributed by atoms with van der Waals surface area (Å²) in [5.41, 5.74) is 2.57. The van der Waals surface area contributed by atoms with Crippen molar-refractivity contribution in [3.63, 3.8) is 0 Å². The van der Waals surface area contributed by atoms with Crippen molar-refractivity contribution < 1.29 is 9.13 Å². The fourth-order valence-electron chi connectivity index (χ4n) is 2.36. The van der Waals surface area contributed by atoms with Crippen LogP contribution in [0, 0.1) is 5.82 Å². The van der Waals surface area contributed by atoms with E-state index in [1.807, 2.05) is 30.3 Å². The maximum atomic E-state index is 14.4. The van der Waals surface area contributed by atoms with E-state index in [0.717, 1.165) is 23.4 Å². The lowest BCUT2D eigenvalue weighted by Gasteiger charge is -2.13. The lowest BCUT2D eigenvalue weighted by atomic mass is 9.98. The Morgan fingerprint density at radius 3 is 2.76 bits per heavy atom. The molecule has 0 spiro atoms. The Kier molecular flexibility index (Phi) is 4.27. The molecule has 0 atom stereocenters. The first-order valence-electron chi connectivity index (χ1n) is 7.03. The summed E-state index contributed by atoms with van der Waals surface area (Å²) in [6.07, 6.45) is 2.45. The van der Waals surface area contributed by atoms with E-state index in [4.69, 9.17) is 4.74 Å². The average molecular weight is 350 g/mol. The summed E-state index contributed by atoms with van der Waals surface area (Å²) in [6.45, 7) is 0.725. The fourth-order valence-corrected chi connectivity index (χ4v) is 2.73. The molecule has 0 bridgehead atoms. The Bertz CT molecular complexity index is 655. The van der Waals surface area contributed by atoms with Gasteiger partial charge in [0.1, 0.15) is 11.6 Å². The molecule has 1 aliphatic carbocycles. The third kappa shape index (κ3) is 3.27. The number of methoxy groups -OCH3 is 1. The first kappa shape index (κ1) is 14.5. The molecule has 0 unspecified atom stereocenters. The zero-order chi connectivity index (χ0) is 14.8. The second-order valence-corrected chi connectivity index (χ2v) is 6.13. The van der Waals surface area contributed by atoms with E-state index in [2.05, 4.69) is 21.2 Å². The minimum absolute atomic E-state index is 0.227. The molecule has 21 heavy (non-hydrogen) atoms. The molecule has 0 radical (unpaired) electrons. The van der Waals surface area contributed by atoms with Crippen molar-refractivity contribution >= 4 is 15.9 Å². The van der Waals surface area contributed by atoms with E-state index >= 15 is 0 Å². The van der Waals surface area contributed by atoms with Gasteiger partial charge in [0.2, 0.25) is 0 Å². The highest BCUT2D eigenvalue weighted by atomic mass is 79.9. The third-order valence-electron chi connectivity index (χ3n) is 3.71. The normalized spacial score (nSPS) is 14.2. The van der Waals surface area contributed by atoms with Crippen molar-refractivity contribution in [1.29, 1.82) is 0 Å². The Hall–Kier alpha value is -1.39. The van der Waals surface area contributed by atoms with Crippen LogP contribution in [0.5, 0.6) is 5.75 Å². The van der Waals surface area contributed by atoms with Gasteiger partial charge >= 0.3 is 0 Å². The molecule has 1 N–H and O–H groups in total. The fraction of sp³-hybridized carbons (Fsp3) is 0.294. The quantitative estimate of drug-likeness (QED) is 0.856. The van der Waals surface area contributed by atoms with Crippen LogP contribution in [0.3, 0.4) is 0 Å². The molecular weight excluding hydrogens is 333 g/mol. The van der Waals surface area contributed by atoms with Gasteiger partial charge in [0, 0.05) is 18.2 Å². The standard InChI is InChI=1S/C17H17BrFNO/c1-21-13-7-8-14(11(9-13)10-20-12-5-6-12)15-3-2-4-16(18)17(15)19/h2-4,7-9,12,20H,5-6,10H2,1H3. The van der Waals surface area contributed by atoms with Gasteiger partial charge in [-0.1, -0.05) is 18.2 Å². The third-order valence-corrected chi connectivity index (χ3v) is 4.33. The molecule has 2 aromatic rings. The van der Waals surface area contributed by atoms with Crippen LogP contribution in [0.25, 0.3) is 11.1 Å². The van der Waals surface area contributed by atoms with Crippen LogP contribution in [-0.2, 0) is 6.54 Å². The molecule has 1 aliphatic rings. The first-order chi connectivity index (χ1) is 10.2. The van der Waals surface area contributed by atoms with Crippen molar-refractivity contribution in [2.75, 3.05) is 7.11 Å². The number of ether oxygens (including phenoxy) is 1. The Morgan fingerprint density at radius 2 is 2.05 bits per heavy atom. The predicted molar refractivity (Wildman–Crippen MR) is 85.9 cm³/mol. The number of hydrogen-bond acceptors (Lipinski definition) is 2. The molecule has 0 heterocycles. The highest BCUT2D eigenvalue weighted by Gasteiger charge is 2.21. The van der Waals surface area contributed by atoms with Crippen LogP contribution in [0.2, 0.25) is 0 Å². The maximum absolute atomic E-state index is 14.4. The molecule has 2 aromatic carbocycles. The van der Waals surface area contributed by atoms with Crippen LogP contribution >= 0.6 is 15.9 Å². The molecule has 0 aromatic heterocycles. The molecule has 0 amide bonds. The van der Waals surface area contributed by atoms with Gasteiger partial charge in [0.05, 0.1) is 11.6 Å². The summed E-state index contributed by atoms with van der Waals surface area (Å²) in [7, 11) is 1.65. The van der Waals surface area contributed by atoms with Gasteiger partial charge in [-0.05, 0) is 58.1 Å². The molecule has 4 heteroatoms. The number of hydrogen-bond donors (Lipinski definition) is 1. The minimum Gasteiger partial charge on any atom is -0.497 e. The zero-order valence-electron chi connectivity index (χ0n) is 11.8. The number of halogens is 2. The van der Waals surface area contributed by atoms with Gasteiger partial charge in [-0.3, -0.25) is 0 Å². The van der Waals surface area contributed by atoms with Gasteiger partial charge in [0.25, 0.3) is 0 Å². The largest absolute Gasteiger partial charge is 0.497 e. The van der Waals surface area contributed by atoms with Gasteiger partial charge in [-0.15, -0.1) is 0 Å².